The number of aryl methyl sites for hydroxylation is 1. The van der Waals surface area contributed by atoms with Crippen molar-refractivity contribution in [3.05, 3.63) is 18.0 Å². The topological polar surface area (TPSA) is 77.7 Å². The summed E-state index contributed by atoms with van der Waals surface area (Å²) >= 11 is 0. The van der Waals surface area contributed by atoms with Crippen molar-refractivity contribution in [2.75, 3.05) is 40.3 Å². The molecule has 152 valence electrons. The molecule has 1 aromatic heterocycles. The molecule has 0 amide bonds. The van der Waals surface area contributed by atoms with Crippen LogP contribution in [0.3, 0.4) is 0 Å². The third kappa shape index (κ3) is 9.18. The maximum absolute atomic E-state index is 9.20. The second kappa shape index (κ2) is 14.2. The first-order chi connectivity index (χ1) is 12.0. The van der Waals surface area contributed by atoms with Crippen LogP contribution in [0.4, 0.5) is 0 Å². The molecule has 1 heterocycles. The summed E-state index contributed by atoms with van der Waals surface area (Å²) in [7, 11) is 6.08. The molecule has 0 aliphatic heterocycles. The zero-order valence-electron chi connectivity index (χ0n) is 16.9. The molecule has 0 radical (unpaired) electrons. The van der Waals surface area contributed by atoms with Gasteiger partial charge < -0.3 is 20.6 Å². The average molecular weight is 480 g/mol. The molecule has 0 aliphatic rings. The molecule has 0 spiro atoms. The highest BCUT2D eigenvalue weighted by Crippen LogP contribution is 2.16. The number of halogens is 1. The van der Waals surface area contributed by atoms with E-state index in [9.17, 15) is 5.11 Å². The number of aliphatic hydroxyl groups excluding tert-OH is 1. The fourth-order valence-corrected chi connectivity index (χ4v) is 2.88. The quantitative estimate of drug-likeness (QED) is 0.257. The number of aliphatic hydroxyl groups is 1. The number of rotatable bonds is 11. The molecule has 0 aromatic carbocycles. The molecule has 7 nitrogen and oxygen atoms in total. The molecule has 0 bridgehead atoms. The van der Waals surface area contributed by atoms with Gasteiger partial charge in [-0.2, -0.15) is 5.10 Å². The van der Waals surface area contributed by atoms with Gasteiger partial charge in [-0.15, -0.1) is 24.0 Å². The lowest BCUT2D eigenvalue weighted by Gasteiger charge is -2.25. The normalized spacial score (nSPS) is 14.0. The zero-order chi connectivity index (χ0) is 18.7. The van der Waals surface area contributed by atoms with Crippen LogP contribution in [0.5, 0.6) is 0 Å². The van der Waals surface area contributed by atoms with Gasteiger partial charge in [0.25, 0.3) is 0 Å². The van der Waals surface area contributed by atoms with Gasteiger partial charge in [0.1, 0.15) is 0 Å². The van der Waals surface area contributed by atoms with Gasteiger partial charge in [0.15, 0.2) is 5.96 Å². The van der Waals surface area contributed by atoms with Gasteiger partial charge in [0.05, 0.1) is 12.2 Å². The highest BCUT2D eigenvalue weighted by Gasteiger charge is 2.16. The number of hydrogen-bond acceptors (Lipinski definition) is 4. The van der Waals surface area contributed by atoms with Crippen molar-refractivity contribution in [2.24, 2.45) is 18.0 Å². The van der Waals surface area contributed by atoms with E-state index in [0.29, 0.717) is 5.92 Å². The van der Waals surface area contributed by atoms with Gasteiger partial charge in [-0.3, -0.25) is 9.67 Å². The van der Waals surface area contributed by atoms with E-state index >= 15 is 0 Å². The van der Waals surface area contributed by atoms with Gasteiger partial charge in [-0.05, 0) is 39.8 Å². The van der Waals surface area contributed by atoms with Crippen LogP contribution < -0.4 is 10.6 Å². The smallest absolute Gasteiger partial charge is 0.191 e. The van der Waals surface area contributed by atoms with Crippen molar-refractivity contribution in [1.82, 2.24) is 25.3 Å². The first-order valence-electron chi connectivity index (χ1n) is 9.29. The predicted molar refractivity (Wildman–Crippen MR) is 119 cm³/mol. The fourth-order valence-electron chi connectivity index (χ4n) is 2.88. The second-order valence-corrected chi connectivity index (χ2v) is 6.69. The summed E-state index contributed by atoms with van der Waals surface area (Å²) in [5, 5.41) is 20.2. The number of aliphatic imine (C=N–C) groups is 1. The lowest BCUT2D eigenvalue weighted by Crippen LogP contribution is -2.42. The van der Waals surface area contributed by atoms with Gasteiger partial charge in [-0.25, -0.2) is 0 Å². The highest BCUT2D eigenvalue weighted by atomic mass is 127. The van der Waals surface area contributed by atoms with E-state index in [2.05, 4.69) is 54.8 Å². The number of aromatic nitrogens is 2. The van der Waals surface area contributed by atoms with Gasteiger partial charge in [0.2, 0.25) is 0 Å². The third-order valence-corrected chi connectivity index (χ3v) is 4.28. The second-order valence-electron chi connectivity index (χ2n) is 6.69. The van der Waals surface area contributed by atoms with Crippen molar-refractivity contribution in [3.8, 4) is 0 Å². The van der Waals surface area contributed by atoms with Gasteiger partial charge >= 0.3 is 0 Å². The summed E-state index contributed by atoms with van der Waals surface area (Å²) in [5.74, 6) is 1.27. The van der Waals surface area contributed by atoms with Crippen LogP contribution in [-0.2, 0) is 7.05 Å². The predicted octanol–water partition coefficient (Wildman–Crippen LogP) is 1.99. The van der Waals surface area contributed by atoms with Crippen LogP contribution in [0.25, 0.3) is 0 Å². The monoisotopic (exact) mass is 480 g/mol. The molecule has 8 heteroatoms. The summed E-state index contributed by atoms with van der Waals surface area (Å²) in [4.78, 5) is 6.90. The van der Waals surface area contributed by atoms with Crippen LogP contribution in [0, 0.1) is 5.92 Å². The summed E-state index contributed by atoms with van der Waals surface area (Å²) in [6.07, 6.45) is 6.99. The van der Waals surface area contributed by atoms with E-state index in [-0.39, 0.29) is 36.6 Å². The maximum atomic E-state index is 9.20. The number of hydrogen-bond donors (Lipinski definition) is 3. The number of nitrogens with one attached hydrogen (secondary N) is 2. The Bertz CT molecular complexity index is 500. The minimum Gasteiger partial charge on any atom is -0.396 e. The molecule has 0 aliphatic carbocycles. The Morgan fingerprint density at radius 2 is 2.04 bits per heavy atom. The van der Waals surface area contributed by atoms with Gasteiger partial charge in [-0.1, -0.05) is 13.3 Å². The van der Waals surface area contributed by atoms with E-state index in [1.807, 2.05) is 17.9 Å². The third-order valence-electron chi connectivity index (χ3n) is 4.28. The summed E-state index contributed by atoms with van der Waals surface area (Å²) in [6.45, 7) is 6.79. The Morgan fingerprint density at radius 3 is 2.54 bits per heavy atom. The molecule has 2 unspecified atom stereocenters. The molecule has 2 atom stereocenters. The molecular formula is C18H37IN6O. The first kappa shape index (κ1) is 25.1. The molecule has 1 aromatic rings. The Hall–Kier alpha value is -0.870. The number of likely N-dealkylation sites (N-methyl/N-ethyl adjacent to an activating group) is 1. The van der Waals surface area contributed by atoms with E-state index in [1.165, 1.54) is 5.56 Å². The van der Waals surface area contributed by atoms with E-state index in [1.54, 1.807) is 0 Å². The van der Waals surface area contributed by atoms with Crippen molar-refractivity contribution < 1.29 is 5.11 Å². The van der Waals surface area contributed by atoms with Crippen LogP contribution in [0.1, 0.15) is 44.7 Å². The highest BCUT2D eigenvalue weighted by molar-refractivity contribution is 14.0. The molecule has 26 heavy (non-hydrogen) atoms. The Labute approximate surface area is 175 Å². The van der Waals surface area contributed by atoms with Crippen LogP contribution in [0.15, 0.2) is 17.4 Å². The van der Waals surface area contributed by atoms with Crippen LogP contribution in [-0.4, -0.2) is 66.1 Å². The molecular weight excluding hydrogens is 443 g/mol. The standard InChI is InChI=1S/C18H36N6O.HI/c1-6-8-15(9-10-25)11-20-18(19-7-2)21-13-17(23(3)4)16-12-22-24(5)14-16;/h12,14-15,17,25H,6-11,13H2,1-5H3,(H2,19,20,21);1H. The van der Waals surface area contributed by atoms with Gasteiger partial charge in [0, 0.05) is 45.0 Å². The van der Waals surface area contributed by atoms with E-state index in [0.717, 1.165) is 44.9 Å². The van der Waals surface area contributed by atoms with Crippen molar-refractivity contribution in [3.63, 3.8) is 0 Å². The van der Waals surface area contributed by atoms with Crippen molar-refractivity contribution >= 4 is 29.9 Å². The summed E-state index contributed by atoms with van der Waals surface area (Å²) < 4.78 is 1.83. The van der Waals surface area contributed by atoms with Crippen LogP contribution in [0.2, 0.25) is 0 Å². The minimum absolute atomic E-state index is 0. The molecule has 1 rings (SSSR count). The Kier molecular flexibility index (Phi) is 13.7. The summed E-state index contributed by atoms with van der Waals surface area (Å²) in [5.41, 5.74) is 1.18. The van der Waals surface area contributed by atoms with E-state index < -0.39 is 0 Å². The average Bonchev–Trinajstić information content (AvgIpc) is 2.98. The largest absolute Gasteiger partial charge is 0.396 e. The van der Waals surface area contributed by atoms with E-state index in [4.69, 9.17) is 4.99 Å². The Morgan fingerprint density at radius 1 is 1.31 bits per heavy atom. The Balaban J connectivity index is 0.00000625. The lowest BCUT2D eigenvalue weighted by molar-refractivity contribution is 0.253. The van der Waals surface area contributed by atoms with Crippen molar-refractivity contribution in [2.45, 2.75) is 39.2 Å². The first-order valence-corrected chi connectivity index (χ1v) is 9.29. The SMILES string of the molecule is CCCC(CCO)CN=C(NCC)NCC(c1cnn(C)c1)N(C)C.I. The number of guanidine groups is 1. The number of nitrogens with zero attached hydrogens (tertiary/aromatic N) is 4. The zero-order valence-corrected chi connectivity index (χ0v) is 19.2. The molecule has 0 saturated carbocycles. The lowest BCUT2D eigenvalue weighted by atomic mass is 10.0. The molecule has 0 fully saturated rings. The fraction of sp³-hybridized carbons (Fsp3) is 0.778. The minimum atomic E-state index is 0. The maximum Gasteiger partial charge on any atom is 0.191 e. The summed E-state index contributed by atoms with van der Waals surface area (Å²) in [6, 6.07) is 0.224. The van der Waals surface area contributed by atoms with Crippen LogP contribution >= 0.6 is 24.0 Å². The molecule has 0 saturated heterocycles. The van der Waals surface area contributed by atoms with Crippen molar-refractivity contribution in [1.29, 1.82) is 0 Å². The molecule has 3 N–H and O–H groups in total.